The fourth-order valence-corrected chi connectivity index (χ4v) is 6.45. The Bertz CT molecular complexity index is 1620. The van der Waals surface area contributed by atoms with Crippen molar-refractivity contribution in [1.82, 2.24) is 4.90 Å². The van der Waals surface area contributed by atoms with Crippen molar-refractivity contribution < 1.29 is 14.3 Å². The summed E-state index contributed by atoms with van der Waals surface area (Å²) in [4.78, 5) is 34.7. The van der Waals surface area contributed by atoms with Crippen molar-refractivity contribution in [2.45, 2.75) is 18.4 Å². The van der Waals surface area contributed by atoms with Gasteiger partial charge in [0.25, 0.3) is 11.8 Å². The molecule has 0 atom stereocenters. The van der Waals surface area contributed by atoms with Crippen molar-refractivity contribution in [3.63, 3.8) is 0 Å². The van der Waals surface area contributed by atoms with E-state index < -0.39 is 0 Å². The summed E-state index contributed by atoms with van der Waals surface area (Å²) in [6.45, 7) is 5.34. The molecule has 0 spiro atoms. The molecule has 0 saturated carbocycles. The molecule has 0 aliphatic carbocycles. The topological polar surface area (TPSA) is 53.1 Å². The Hall–Kier alpha value is -4.49. The number of ether oxygens (including phenoxy) is 1. The lowest BCUT2D eigenvalue weighted by molar-refractivity contribution is -0.114. The number of amides is 2. The fourth-order valence-electron chi connectivity index (χ4n) is 5.39. The lowest BCUT2D eigenvalue weighted by Crippen LogP contribution is -2.48. The highest BCUT2D eigenvalue weighted by Gasteiger charge is 2.29. The van der Waals surface area contributed by atoms with E-state index in [-0.39, 0.29) is 11.8 Å². The maximum Gasteiger partial charge on any atom is 0.265 e. The highest BCUT2D eigenvalue weighted by molar-refractivity contribution is 8.04. The number of rotatable bonds is 6. The number of para-hydroxylation sites is 3. The van der Waals surface area contributed by atoms with E-state index in [2.05, 4.69) is 48.2 Å². The van der Waals surface area contributed by atoms with Crippen molar-refractivity contribution in [2.24, 2.45) is 0 Å². The Morgan fingerprint density at radius 3 is 2.21 bits per heavy atom. The number of hydrogen-bond acceptors (Lipinski definition) is 5. The molecule has 0 bridgehead atoms. The van der Waals surface area contributed by atoms with Gasteiger partial charge in [-0.3, -0.25) is 9.59 Å². The molecule has 0 N–H and O–H groups in total. The van der Waals surface area contributed by atoms with Gasteiger partial charge in [-0.2, -0.15) is 0 Å². The third-order valence-corrected chi connectivity index (χ3v) is 8.82. The summed E-state index contributed by atoms with van der Waals surface area (Å²) in [7, 11) is 1.68. The molecule has 1 saturated heterocycles. The predicted octanol–water partition coefficient (Wildman–Crippen LogP) is 6.65. The van der Waals surface area contributed by atoms with Crippen molar-refractivity contribution in [3.8, 4) is 5.75 Å². The van der Waals surface area contributed by atoms with Gasteiger partial charge in [-0.15, -0.1) is 0 Å². The second-order valence-electron chi connectivity index (χ2n) is 10.5. The summed E-state index contributed by atoms with van der Waals surface area (Å²) in [5.74, 6) is 0.848. The highest BCUT2D eigenvalue weighted by Crippen LogP contribution is 2.42. The standard InChI is InChI=1S/C35H33N3O3S/c1-25-11-13-27(14-12-25)24-38-30-8-4-6-10-32(30)42-33(35(38)40)23-26-15-17-28(18-16-26)34(39)37-21-19-36(20-22-37)29-7-3-5-9-31(29)41-2/h3-18,23H,19-22,24H2,1-2H3. The first-order chi connectivity index (χ1) is 20.5. The number of carbonyl (C=O) groups excluding carboxylic acids is 2. The molecule has 0 aromatic heterocycles. The number of aryl methyl sites for hydroxylation is 1. The number of hydrogen-bond donors (Lipinski definition) is 0. The van der Waals surface area contributed by atoms with E-state index in [4.69, 9.17) is 4.74 Å². The number of benzene rings is 4. The van der Waals surface area contributed by atoms with Crippen molar-refractivity contribution >= 4 is 41.0 Å². The van der Waals surface area contributed by atoms with Gasteiger partial charge in [-0.25, -0.2) is 0 Å². The molecule has 6 rings (SSSR count). The van der Waals surface area contributed by atoms with Crippen LogP contribution in [0.15, 0.2) is 107 Å². The van der Waals surface area contributed by atoms with Crippen LogP contribution in [0.3, 0.4) is 0 Å². The van der Waals surface area contributed by atoms with Crippen molar-refractivity contribution in [3.05, 3.63) is 124 Å². The molecule has 1 fully saturated rings. The molecular weight excluding hydrogens is 542 g/mol. The summed E-state index contributed by atoms with van der Waals surface area (Å²) in [5.41, 5.74) is 5.80. The first-order valence-corrected chi connectivity index (χ1v) is 14.9. The molecule has 4 aromatic carbocycles. The summed E-state index contributed by atoms with van der Waals surface area (Å²) < 4.78 is 5.52. The van der Waals surface area contributed by atoms with Crippen LogP contribution in [0.1, 0.15) is 27.0 Å². The second-order valence-corrected chi connectivity index (χ2v) is 11.6. The lowest BCUT2D eigenvalue weighted by atomic mass is 10.1. The molecule has 2 aliphatic heterocycles. The smallest absolute Gasteiger partial charge is 0.265 e. The first kappa shape index (κ1) is 27.7. The number of thioether (sulfide) groups is 1. The summed E-state index contributed by atoms with van der Waals surface area (Å²) >= 11 is 1.49. The molecule has 212 valence electrons. The quantitative estimate of drug-likeness (QED) is 0.241. The van der Waals surface area contributed by atoms with E-state index in [0.717, 1.165) is 46.2 Å². The Kier molecular flexibility index (Phi) is 8.02. The molecule has 2 aliphatic rings. The highest BCUT2D eigenvalue weighted by atomic mass is 32.2. The molecule has 4 aromatic rings. The van der Waals surface area contributed by atoms with Gasteiger partial charge in [0.15, 0.2) is 0 Å². The number of methoxy groups -OCH3 is 1. The molecule has 6 nitrogen and oxygen atoms in total. The minimum absolute atomic E-state index is 0.0210. The Morgan fingerprint density at radius 1 is 0.833 bits per heavy atom. The van der Waals surface area contributed by atoms with Crippen LogP contribution in [-0.4, -0.2) is 50.0 Å². The Morgan fingerprint density at radius 2 is 1.50 bits per heavy atom. The van der Waals surface area contributed by atoms with Gasteiger partial charge in [0.2, 0.25) is 0 Å². The van der Waals surface area contributed by atoms with E-state index in [9.17, 15) is 9.59 Å². The zero-order valence-electron chi connectivity index (χ0n) is 23.8. The third kappa shape index (κ3) is 5.78. The number of carbonyl (C=O) groups is 2. The van der Waals surface area contributed by atoms with Crippen LogP contribution in [-0.2, 0) is 11.3 Å². The van der Waals surface area contributed by atoms with Gasteiger partial charge < -0.3 is 19.4 Å². The van der Waals surface area contributed by atoms with Crippen LogP contribution < -0.4 is 14.5 Å². The average molecular weight is 576 g/mol. The summed E-state index contributed by atoms with van der Waals surface area (Å²) in [6, 6.07) is 31.9. The molecule has 0 unspecified atom stereocenters. The largest absolute Gasteiger partial charge is 0.495 e. The first-order valence-electron chi connectivity index (χ1n) is 14.1. The SMILES string of the molecule is COc1ccccc1N1CCN(C(=O)c2ccc(C=C3Sc4ccccc4N(Cc4ccc(C)cc4)C3=O)cc2)CC1. The van der Waals surface area contributed by atoms with E-state index >= 15 is 0 Å². The number of fused-ring (bicyclic) bond motifs is 1. The van der Waals surface area contributed by atoms with Crippen LogP contribution in [0.5, 0.6) is 5.75 Å². The molecule has 7 heteroatoms. The molecule has 2 heterocycles. The zero-order chi connectivity index (χ0) is 29.1. The monoisotopic (exact) mass is 575 g/mol. The minimum Gasteiger partial charge on any atom is -0.495 e. The average Bonchev–Trinajstić information content (AvgIpc) is 3.04. The second kappa shape index (κ2) is 12.2. The van der Waals surface area contributed by atoms with Crippen molar-refractivity contribution in [1.29, 1.82) is 0 Å². The minimum atomic E-state index is -0.0210. The lowest BCUT2D eigenvalue weighted by Gasteiger charge is -2.36. The van der Waals surface area contributed by atoms with Gasteiger partial charge in [-0.1, -0.05) is 78.0 Å². The van der Waals surface area contributed by atoms with Gasteiger partial charge in [0.1, 0.15) is 5.75 Å². The van der Waals surface area contributed by atoms with Gasteiger partial charge >= 0.3 is 0 Å². The van der Waals surface area contributed by atoms with Crippen LogP contribution in [0.4, 0.5) is 11.4 Å². The molecule has 0 radical (unpaired) electrons. The van der Waals surface area contributed by atoms with E-state index in [1.807, 2.05) is 76.5 Å². The van der Waals surface area contributed by atoms with E-state index in [1.165, 1.54) is 17.3 Å². The fraction of sp³-hybridized carbons (Fsp3) is 0.200. The summed E-state index contributed by atoms with van der Waals surface area (Å²) in [5, 5.41) is 0. The van der Waals surface area contributed by atoms with Crippen LogP contribution in [0, 0.1) is 6.92 Å². The third-order valence-electron chi connectivity index (χ3n) is 7.74. The van der Waals surface area contributed by atoms with Crippen LogP contribution in [0.25, 0.3) is 6.08 Å². The number of piperazine rings is 1. The normalized spacial score (nSPS) is 16.0. The van der Waals surface area contributed by atoms with Gasteiger partial charge in [0.05, 0.1) is 29.9 Å². The van der Waals surface area contributed by atoms with Gasteiger partial charge in [0, 0.05) is 36.6 Å². The number of anilines is 2. The number of nitrogens with zero attached hydrogens (tertiary/aromatic N) is 3. The summed E-state index contributed by atoms with van der Waals surface area (Å²) in [6.07, 6.45) is 1.92. The maximum atomic E-state index is 13.7. The maximum absolute atomic E-state index is 13.7. The van der Waals surface area contributed by atoms with E-state index in [0.29, 0.717) is 30.1 Å². The van der Waals surface area contributed by atoms with Gasteiger partial charge in [-0.05, 0) is 60.5 Å². The zero-order valence-corrected chi connectivity index (χ0v) is 24.6. The predicted molar refractivity (Wildman–Crippen MR) is 170 cm³/mol. The van der Waals surface area contributed by atoms with E-state index in [1.54, 1.807) is 7.11 Å². The Balaban J connectivity index is 1.15. The van der Waals surface area contributed by atoms with Crippen LogP contribution in [0.2, 0.25) is 0 Å². The van der Waals surface area contributed by atoms with Crippen molar-refractivity contribution in [2.75, 3.05) is 43.1 Å². The molecule has 2 amide bonds. The molecular formula is C35H33N3O3S. The Labute approximate surface area is 251 Å². The van der Waals surface area contributed by atoms with Crippen LogP contribution >= 0.6 is 11.8 Å². The molecule has 42 heavy (non-hydrogen) atoms.